The number of rotatable bonds is 8. The van der Waals surface area contributed by atoms with Gasteiger partial charge >= 0.3 is 0 Å². The minimum absolute atomic E-state index is 0.183. The molecule has 2 atom stereocenters. The number of hydrogen-bond acceptors (Lipinski definition) is 5. The van der Waals surface area contributed by atoms with Gasteiger partial charge in [0.2, 0.25) is 0 Å². The second-order valence-electron chi connectivity index (χ2n) is 5.65. The topological polar surface area (TPSA) is 60.2 Å². The molecule has 0 spiro atoms. The Bertz CT molecular complexity index is 637. The van der Waals surface area contributed by atoms with E-state index in [4.69, 9.17) is 9.26 Å². The molecule has 1 aromatic heterocycles. The van der Waals surface area contributed by atoms with Crippen LogP contribution in [0.3, 0.4) is 0 Å². The molecule has 0 amide bonds. The Hall–Kier alpha value is -2.14. The molecule has 1 heterocycles. The number of hydrogen-bond donors (Lipinski definition) is 1. The molecular formula is C18H25N3O2. The largest absolute Gasteiger partial charge is 0.490 e. The normalized spacial score (nSPS) is 14.1. The summed E-state index contributed by atoms with van der Waals surface area (Å²) in [4.78, 5) is 4.37. The van der Waals surface area contributed by atoms with Crippen molar-refractivity contribution in [3.63, 3.8) is 0 Å². The van der Waals surface area contributed by atoms with E-state index >= 15 is 0 Å². The van der Waals surface area contributed by atoms with E-state index < -0.39 is 0 Å². The first kappa shape index (κ1) is 17.2. The van der Waals surface area contributed by atoms with Crippen LogP contribution in [0.1, 0.15) is 44.5 Å². The molecule has 0 saturated carbocycles. The number of benzene rings is 1. The highest BCUT2D eigenvalue weighted by atomic mass is 16.5. The molecule has 23 heavy (non-hydrogen) atoms. The summed E-state index contributed by atoms with van der Waals surface area (Å²) < 4.78 is 11.2. The SMILES string of the molecule is CCC(C)Oc1ccccc1/C=C/c1nc(CC(C)NC)no1. The van der Waals surface area contributed by atoms with Gasteiger partial charge < -0.3 is 14.6 Å². The Kier molecular flexibility index (Phi) is 6.35. The Morgan fingerprint density at radius 1 is 1.26 bits per heavy atom. The monoisotopic (exact) mass is 315 g/mol. The maximum atomic E-state index is 5.93. The molecule has 0 bridgehead atoms. The van der Waals surface area contributed by atoms with Crippen molar-refractivity contribution < 1.29 is 9.26 Å². The maximum Gasteiger partial charge on any atom is 0.250 e. The molecule has 0 fully saturated rings. The summed E-state index contributed by atoms with van der Waals surface area (Å²) in [7, 11) is 1.92. The summed E-state index contributed by atoms with van der Waals surface area (Å²) in [6.45, 7) is 6.25. The van der Waals surface area contributed by atoms with E-state index in [0.717, 1.165) is 24.2 Å². The van der Waals surface area contributed by atoms with Crippen molar-refractivity contribution in [2.24, 2.45) is 0 Å². The number of nitrogens with zero attached hydrogens (tertiary/aromatic N) is 2. The van der Waals surface area contributed by atoms with Crippen LogP contribution >= 0.6 is 0 Å². The molecule has 0 saturated heterocycles. The Labute approximate surface area is 137 Å². The van der Waals surface area contributed by atoms with Gasteiger partial charge in [0.15, 0.2) is 5.82 Å². The van der Waals surface area contributed by atoms with Crippen molar-refractivity contribution >= 4 is 12.2 Å². The van der Waals surface area contributed by atoms with Gasteiger partial charge in [0.1, 0.15) is 5.75 Å². The van der Waals surface area contributed by atoms with E-state index in [-0.39, 0.29) is 6.10 Å². The van der Waals surface area contributed by atoms with Gasteiger partial charge in [-0.3, -0.25) is 0 Å². The number of nitrogens with one attached hydrogen (secondary N) is 1. The van der Waals surface area contributed by atoms with Gasteiger partial charge in [-0.1, -0.05) is 30.3 Å². The van der Waals surface area contributed by atoms with Gasteiger partial charge in [0.25, 0.3) is 5.89 Å². The van der Waals surface area contributed by atoms with Crippen molar-refractivity contribution in [2.45, 2.75) is 45.8 Å². The molecule has 0 aliphatic rings. The molecule has 2 aromatic rings. The van der Waals surface area contributed by atoms with Crippen LogP contribution in [0.25, 0.3) is 12.2 Å². The smallest absolute Gasteiger partial charge is 0.250 e. The van der Waals surface area contributed by atoms with Crippen LogP contribution in [0, 0.1) is 0 Å². The van der Waals surface area contributed by atoms with Crippen molar-refractivity contribution in [2.75, 3.05) is 7.05 Å². The van der Waals surface area contributed by atoms with Gasteiger partial charge in [-0.05, 0) is 39.5 Å². The summed E-state index contributed by atoms with van der Waals surface area (Å²) in [6.07, 6.45) is 5.65. The van der Waals surface area contributed by atoms with Gasteiger partial charge in [-0.15, -0.1) is 0 Å². The van der Waals surface area contributed by atoms with Crippen molar-refractivity contribution in [1.29, 1.82) is 0 Å². The van der Waals surface area contributed by atoms with Gasteiger partial charge in [0, 0.05) is 24.1 Å². The van der Waals surface area contributed by atoms with Gasteiger partial charge in [-0.2, -0.15) is 4.98 Å². The molecule has 0 aliphatic carbocycles. The van der Waals surface area contributed by atoms with Crippen molar-refractivity contribution in [1.82, 2.24) is 15.5 Å². The molecule has 0 radical (unpaired) electrons. The summed E-state index contributed by atoms with van der Waals surface area (Å²) in [5.41, 5.74) is 0.996. The maximum absolute atomic E-state index is 5.93. The third-order valence-electron chi connectivity index (χ3n) is 3.69. The van der Waals surface area contributed by atoms with E-state index in [2.05, 4.69) is 36.2 Å². The molecule has 2 rings (SSSR count). The highest BCUT2D eigenvalue weighted by Crippen LogP contribution is 2.22. The van der Waals surface area contributed by atoms with Crippen LogP contribution in [0.2, 0.25) is 0 Å². The highest BCUT2D eigenvalue weighted by Gasteiger charge is 2.08. The average Bonchev–Trinajstić information content (AvgIpc) is 3.01. The van der Waals surface area contributed by atoms with Crippen LogP contribution in [-0.4, -0.2) is 29.3 Å². The predicted molar refractivity (Wildman–Crippen MR) is 92.3 cm³/mol. The van der Waals surface area contributed by atoms with E-state index in [0.29, 0.717) is 17.8 Å². The van der Waals surface area contributed by atoms with Crippen LogP contribution in [-0.2, 0) is 6.42 Å². The van der Waals surface area contributed by atoms with Crippen molar-refractivity contribution in [3.05, 3.63) is 41.5 Å². The van der Waals surface area contributed by atoms with Crippen LogP contribution in [0.4, 0.5) is 0 Å². The van der Waals surface area contributed by atoms with Crippen LogP contribution in [0.15, 0.2) is 28.8 Å². The zero-order valence-electron chi connectivity index (χ0n) is 14.2. The summed E-state index contributed by atoms with van der Waals surface area (Å²) in [5.74, 6) is 2.07. The van der Waals surface area contributed by atoms with Crippen LogP contribution < -0.4 is 10.1 Å². The molecule has 1 aromatic carbocycles. The Balaban J connectivity index is 2.08. The number of aromatic nitrogens is 2. The zero-order valence-corrected chi connectivity index (χ0v) is 14.2. The van der Waals surface area contributed by atoms with Gasteiger partial charge in [-0.25, -0.2) is 0 Å². The summed E-state index contributed by atoms with van der Waals surface area (Å²) >= 11 is 0. The summed E-state index contributed by atoms with van der Waals surface area (Å²) in [6, 6.07) is 8.25. The molecule has 124 valence electrons. The third kappa shape index (κ3) is 5.21. The molecule has 5 nitrogen and oxygen atoms in total. The quantitative estimate of drug-likeness (QED) is 0.807. The minimum atomic E-state index is 0.183. The number of para-hydroxylation sites is 1. The molecule has 1 N–H and O–H groups in total. The Morgan fingerprint density at radius 3 is 2.78 bits per heavy atom. The van der Waals surface area contributed by atoms with E-state index in [1.807, 2.05) is 43.5 Å². The average molecular weight is 315 g/mol. The molecule has 0 aliphatic heterocycles. The second-order valence-corrected chi connectivity index (χ2v) is 5.65. The van der Waals surface area contributed by atoms with Crippen LogP contribution in [0.5, 0.6) is 5.75 Å². The first-order valence-corrected chi connectivity index (χ1v) is 8.06. The number of likely N-dealkylation sites (N-methyl/N-ethyl adjacent to an activating group) is 1. The zero-order chi connectivity index (χ0) is 16.7. The summed E-state index contributed by atoms with van der Waals surface area (Å²) in [5, 5.41) is 7.15. The lowest BCUT2D eigenvalue weighted by Crippen LogP contribution is -2.24. The lowest BCUT2D eigenvalue weighted by Gasteiger charge is -2.14. The first-order chi connectivity index (χ1) is 11.1. The second kappa shape index (κ2) is 8.48. The first-order valence-electron chi connectivity index (χ1n) is 8.06. The van der Waals surface area contributed by atoms with E-state index in [1.165, 1.54) is 0 Å². The van der Waals surface area contributed by atoms with Crippen molar-refractivity contribution in [3.8, 4) is 5.75 Å². The molecule has 5 heteroatoms. The predicted octanol–water partition coefficient (Wildman–Crippen LogP) is 3.57. The lowest BCUT2D eigenvalue weighted by atomic mass is 10.2. The number of ether oxygens (including phenoxy) is 1. The molecular weight excluding hydrogens is 290 g/mol. The van der Waals surface area contributed by atoms with E-state index in [9.17, 15) is 0 Å². The lowest BCUT2D eigenvalue weighted by molar-refractivity contribution is 0.217. The molecule has 2 unspecified atom stereocenters. The fourth-order valence-electron chi connectivity index (χ4n) is 1.98. The fraction of sp³-hybridized carbons (Fsp3) is 0.444. The Morgan fingerprint density at radius 2 is 2.04 bits per heavy atom. The minimum Gasteiger partial charge on any atom is -0.490 e. The third-order valence-corrected chi connectivity index (χ3v) is 3.69. The van der Waals surface area contributed by atoms with Gasteiger partial charge in [0.05, 0.1) is 6.10 Å². The fourth-order valence-corrected chi connectivity index (χ4v) is 1.98. The highest BCUT2D eigenvalue weighted by molar-refractivity contribution is 5.69. The standard InChI is InChI=1S/C18H25N3O2/c1-5-14(3)22-16-9-7-6-8-15(16)10-11-18-20-17(21-23-18)12-13(2)19-4/h6-11,13-14,19H,5,12H2,1-4H3/b11-10+. The van der Waals surface area contributed by atoms with E-state index in [1.54, 1.807) is 0 Å².